The van der Waals surface area contributed by atoms with E-state index in [9.17, 15) is 9.59 Å². The number of hydrogen-bond acceptors (Lipinski definition) is 5. The van der Waals surface area contributed by atoms with Crippen LogP contribution in [0.5, 0.6) is 0 Å². The molecule has 0 heterocycles. The third-order valence-corrected chi connectivity index (χ3v) is 5.11. The van der Waals surface area contributed by atoms with Crippen molar-refractivity contribution >= 4 is 11.9 Å². The normalized spacial score (nSPS) is 13.1. The molecule has 0 bridgehead atoms. The highest BCUT2D eigenvalue weighted by atomic mass is 16.6. The number of unbranched alkanes of at least 4 members (excludes halogenated alkanes) is 4. The van der Waals surface area contributed by atoms with Gasteiger partial charge in [0, 0.05) is 6.61 Å². The van der Waals surface area contributed by atoms with E-state index in [1.807, 2.05) is 13.8 Å². The second-order valence-electron chi connectivity index (χ2n) is 7.50. The highest BCUT2D eigenvalue weighted by molar-refractivity contribution is 5.72. The van der Waals surface area contributed by atoms with Gasteiger partial charge in [-0.25, -0.2) is 0 Å². The maximum absolute atomic E-state index is 12.0. The van der Waals surface area contributed by atoms with Crippen LogP contribution in [-0.2, 0) is 23.8 Å². The van der Waals surface area contributed by atoms with E-state index in [4.69, 9.17) is 14.2 Å². The Labute approximate surface area is 172 Å². The van der Waals surface area contributed by atoms with Crippen LogP contribution in [0.4, 0.5) is 0 Å². The monoisotopic (exact) mass is 400 g/mol. The van der Waals surface area contributed by atoms with Gasteiger partial charge in [0.25, 0.3) is 0 Å². The minimum atomic E-state index is -0.0920. The molecule has 0 saturated heterocycles. The largest absolute Gasteiger partial charge is 0.465 e. The van der Waals surface area contributed by atoms with Crippen LogP contribution in [0.3, 0.4) is 0 Å². The molecule has 28 heavy (non-hydrogen) atoms. The zero-order valence-corrected chi connectivity index (χ0v) is 18.8. The van der Waals surface area contributed by atoms with Crippen LogP contribution in [0.1, 0.15) is 98.3 Å². The van der Waals surface area contributed by atoms with Gasteiger partial charge in [-0.1, -0.05) is 53.4 Å². The highest BCUT2D eigenvalue weighted by Gasteiger charge is 2.17. The fourth-order valence-electron chi connectivity index (χ4n) is 3.07. The fraction of sp³-hybridized carbons (Fsp3) is 0.913. The van der Waals surface area contributed by atoms with Crippen LogP contribution in [0, 0.1) is 11.8 Å². The average molecular weight is 401 g/mol. The van der Waals surface area contributed by atoms with Gasteiger partial charge in [0.05, 0.1) is 25.0 Å². The number of carbonyl (C=O) groups excluding carboxylic acids is 2. The van der Waals surface area contributed by atoms with Crippen LogP contribution in [0.2, 0.25) is 0 Å². The Bertz CT molecular complexity index is 347. The smallest absolute Gasteiger partial charge is 0.308 e. The van der Waals surface area contributed by atoms with Gasteiger partial charge in [0.1, 0.15) is 6.61 Å². The SMILES string of the molecule is CCCC[C@@H](CC)C(=O)OCCOCCCCCOC(=O)[C@@H](CC)CCCC. The summed E-state index contributed by atoms with van der Waals surface area (Å²) in [5, 5.41) is 0. The molecule has 0 fully saturated rings. The van der Waals surface area contributed by atoms with Crippen molar-refractivity contribution in [1.29, 1.82) is 0 Å². The van der Waals surface area contributed by atoms with Gasteiger partial charge in [-0.3, -0.25) is 9.59 Å². The molecule has 2 atom stereocenters. The molecular weight excluding hydrogens is 356 g/mol. The summed E-state index contributed by atoms with van der Waals surface area (Å²) < 4.78 is 16.2. The second-order valence-corrected chi connectivity index (χ2v) is 7.50. The molecule has 0 unspecified atom stereocenters. The number of rotatable bonds is 19. The molecule has 5 heteroatoms. The third-order valence-electron chi connectivity index (χ3n) is 5.11. The van der Waals surface area contributed by atoms with E-state index in [2.05, 4.69) is 13.8 Å². The quantitative estimate of drug-likeness (QED) is 0.206. The first-order valence-electron chi connectivity index (χ1n) is 11.5. The van der Waals surface area contributed by atoms with Crippen LogP contribution in [0.15, 0.2) is 0 Å². The fourth-order valence-corrected chi connectivity index (χ4v) is 3.07. The summed E-state index contributed by atoms with van der Waals surface area (Å²) in [5.41, 5.74) is 0. The molecule has 0 aliphatic rings. The van der Waals surface area contributed by atoms with Crippen molar-refractivity contribution in [3.8, 4) is 0 Å². The van der Waals surface area contributed by atoms with Gasteiger partial charge in [0.2, 0.25) is 0 Å². The molecule has 0 aromatic carbocycles. The summed E-state index contributed by atoms with van der Waals surface area (Å²) in [6.07, 6.45) is 10.7. The van der Waals surface area contributed by atoms with Gasteiger partial charge in [-0.15, -0.1) is 0 Å². The van der Waals surface area contributed by atoms with Gasteiger partial charge in [0.15, 0.2) is 0 Å². The molecule has 5 nitrogen and oxygen atoms in total. The molecule has 0 aromatic heterocycles. The van der Waals surface area contributed by atoms with Gasteiger partial charge < -0.3 is 14.2 Å². The Kier molecular flexibility index (Phi) is 18.5. The molecule has 0 aliphatic carbocycles. The first-order chi connectivity index (χ1) is 13.6. The van der Waals surface area contributed by atoms with E-state index in [0.717, 1.165) is 70.6 Å². The minimum absolute atomic E-state index is 0.0249. The number of carbonyl (C=O) groups is 2. The summed E-state index contributed by atoms with van der Waals surface area (Å²) in [6.45, 7) is 10.3. The van der Waals surface area contributed by atoms with Gasteiger partial charge in [-0.05, 0) is 44.9 Å². The summed E-state index contributed by atoms with van der Waals surface area (Å²) >= 11 is 0. The molecule has 0 radical (unpaired) electrons. The van der Waals surface area contributed by atoms with Crippen molar-refractivity contribution in [1.82, 2.24) is 0 Å². The lowest BCUT2D eigenvalue weighted by atomic mass is 10.00. The van der Waals surface area contributed by atoms with Crippen molar-refractivity contribution in [3.63, 3.8) is 0 Å². The minimum Gasteiger partial charge on any atom is -0.465 e. The van der Waals surface area contributed by atoms with E-state index in [0.29, 0.717) is 26.4 Å². The molecule has 0 amide bonds. The molecule has 0 N–H and O–H groups in total. The van der Waals surface area contributed by atoms with E-state index in [1.165, 1.54) is 0 Å². The van der Waals surface area contributed by atoms with Crippen LogP contribution < -0.4 is 0 Å². The topological polar surface area (TPSA) is 61.8 Å². The first kappa shape index (κ1) is 26.9. The third kappa shape index (κ3) is 14.0. The van der Waals surface area contributed by atoms with Gasteiger partial charge >= 0.3 is 11.9 Å². The number of esters is 2. The lowest BCUT2D eigenvalue weighted by Gasteiger charge is -2.14. The Hall–Kier alpha value is -1.10. The van der Waals surface area contributed by atoms with Crippen LogP contribution in [-0.4, -0.2) is 38.4 Å². The second kappa shape index (κ2) is 19.2. The molecular formula is C23H44O5. The maximum atomic E-state index is 12.0. The Balaban J connectivity index is 3.57. The number of hydrogen-bond donors (Lipinski definition) is 0. The first-order valence-corrected chi connectivity index (χ1v) is 11.5. The van der Waals surface area contributed by atoms with Crippen molar-refractivity contribution in [2.75, 3.05) is 26.4 Å². The van der Waals surface area contributed by atoms with E-state index < -0.39 is 0 Å². The zero-order chi connectivity index (χ0) is 21.0. The molecule has 0 spiro atoms. The summed E-state index contributed by atoms with van der Waals surface area (Å²) in [5.74, 6) is -0.0544. The van der Waals surface area contributed by atoms with E-state index >= 15 is 0 Å². The summed E-state index contributed by atoms with van der Waals surface area (Å²) in [6, 6.07) is 0. The van der Waals surface area contributed by atoms with E-state index in [1.54, 1.807) is 0 Å². The molecule has 166 valence electrons. The van der Waals surface area contributed by atoms with Crippen molar-refractivity contribution in [2.45, 2.75) is 98.3 Å². The number of ether oxygens (including phenoxy) is 3. The maximum Gasteiger partial charge on any atom is 0.308 e. The summed E-state index contributed by atoms with van der Waals surface area (Å²) in [7, 11) is 0. The van der Waals surface area contributed by atoms with Crippen LogP contribution in [0.25, 0.3) is 0 Å². The van der Waals surface area contributed by atoms with Crippen molar-refractivity contribution in [2.24, 2.45) is 11.8 Å². The standard InChI is InChI=1S/C23H44O5/c1-5-9-14-20(7-3)22(24)27-17-13-11-12-16-26-18-19-28-23(25)21(8-4)15-10-6-2/h20-21H,5-19H2,1-4H3/t20-,21+/m0/s1. The molecule has 0 aliphatic heterocycles. The van der Waals surface area contributed by atoms with Crippen molar-refractivity contribution < 1.29 is 23.8 Å². The predicted octanol–water partition coefficient (Wildman–Crippen LogP) is 5.69. The van der Waals surface area contributed by atoms with Crippen molar-refractivity contribution in [3.05, 3.63) is 0 Å². The summed E-state index contributed by atoms with van der Waals surface area (Å²) in [4.78, 5) is 23.9. The Morgan fingerprint density at radius 2 is 1.11 bits per heavy atom. The molecule has 0 saturated carbocycles. The predicted molar refractivity (Wildman–Crippen MR) is 113 cm³/mol. The van der Waals surface area contributed by atoms with E-state index in [-0.39, 0.29) is 23.8 Å². The lowest BCUT2D eigenvalue weighted by Crippen LogP contribution is -2.19. The Morgan fingerprint density at radius 3 is 1.61 bits per heavy atom. The zero-order valence-electron chi connectivity index (χ0n) is 18.8. The average Bonchev–Trinajstić information content (AvgIpc) is 2.70. The Morgan fingerprint density at radius 1 is 0.607 bits per heavy atom. The van der Waals surface area contributed by atoms with Gasteiger partial charge in [-0.2, -0.15) is 0 Å². The molecule has 0 aromatic rings. The highest BCUT2D eigenvalue weighted by Crippen LogP contribution is 2.15. The lowest BCUT2D eigenvalue weighted by molar-refractivity contribution is -0.151. The van der Waals surface area contributed by atoms with Crippen LogP contribution >= 0.6 is 0 Å². The molecule has 0 rings (SSSR count).